The highest BCUT2D eigenvalue weighted by atomic mass is 32.2. The predicted molar refractivity (Wildman–Crippen MR) is 162 cm³/mol. The number of fused-ring (bicyclic) bond motifs is 1. The van der Waals surface area contributed by atoms with Crippen LogP contribution in [-0.4, -0.2) is 64.1 Å². The summed E-state index contributed by atoms with van der Waals surface area (Å²) in [4.78, 5) is 15.9. The third-order valence-electron chi connectivity index (χ3n) is 9.20. The van der Waals surface area contributed by atoms with E-state index >= 15 is 0 Å². The van der Waals surface area contributed by atoms with E-state index in [1.54, 1.807) is 39.0 Å². The minimum Gasteiger partial charge on any atom is -0.395 e. The number of piperidine rings is 1. The van der Waals surface area contributed by atoms with E-state index in [-0.39, 0.29) is 22.6 Å². The zero-order chi connectivity index (χ0) is 30.0. The molecule has 2 atom stereocenters. The van der Waals surface area contributed by atoms with Crippen LogP contribution in [0.3, 0.4) is 0 Å². The van der Waals surface area contributed by atoms with E-state index in [0.29, 0.717) is 28.0 Å². The van der Waals surface area contributed by atoms with Gasteiger partial charge >= 0.3 is 0 Å². The second kappa shape index (κ2) is 10.3. The zero-order valence-corrected chi connectivity index (χ0v) is 26.1. The van der Waals surface area contributed by atoms with Crippen molar-refractivity contribution in [2.45, 2.75) is 81.9 Å². The molecule has 1 saturated heterocycles. The number of nitrogens with zero attached hydrogens (tertiary/aromatic N) is 2. The Balaban J connectivity index is 1.48. The molecule has 2 fully saturated rings. The van der Waals surface area contributed by atoms with Crippen molar-refractivity contribution in [3.8, 4) is 0 Å². The van der Waals surface area contributed by atoms with Crippen molar-refractivity contribution in [2.24, 2.45) is 5.41 Å². The van der Waals surface area contributed by atoms with Crippen molar-refractivity contribution in [1.29, 1.82) is 0 Å². The summed E-state index contributed by atoms with van der Waals surface area (Å²) in [5.41, 5.74) is 3.23. The van der Waals surface area contributed by atoms with E-state index in [1.807, 2.05) is 19.9 Å². The summed E-state index contributed by atoms with van der Waals surface area (Å²) >= 11 is 0. The molecule has 1 saturated carbocycles. The number of aliphatic hydroxyl groups is 1. The van der Waals surface area contributed by atoms with E-state index < -0.39 is 37.1 Å². The lowest BCUT2D eigenvalue weighted by Crippen LogP contribution is -2.46. The monoisotopic (exact) mass is 603 g/mol. The van der Waals surface area contributed by atoms with Crippen LogP contribution >= 0.6 is 0 Å². The number of nitrogens with one attached hydrogen (secondary N) is 1. The first-order valence-corrected chi connectivity index (χ1v) is 17.4. The fourth-order valence-corrected chi connectivity index (χ4v) is 8.69. The van der Waals surface area contributed by atoms with Crippen LogP contribution in [0.4, 0.5) is 17.1 Å². The maximum atomic E-state index is 13.7. The van der Waals surface area contributed by atoms with Crippen molar-refractivity contribution >= 4 is 42.8 Å². The molecule has 5 rings (SSSR count). The standard InChI is InChI=1S/C30H41N3O6S2/c1-20-21(2)33(41(38,39)29(3,4)5)27-18-22(6-8-24(20)27)31-28(35)25-9-7-23(40(36,37)17-16-34)19-26(25)32-14-12-30(10-11-30)13-15-32/h6-9,18-21,34H,10-17H2,1-5H3,(H,31,35). The number of carbonyl (C=O) groups is 1. The Morgan fingerprint density at radius 2 is 1.63 bits per heavy atom. The third kappa shape index (κ3) is 5.36. The van der Waals surface area contributed by atoms with Gasteiger partial charge in [-0.15, -0.1) is 0 Å². The van der Waals surface area contributed by atoms with Gasteiger partial charge in [-0.1, -0.05) is 13.0 Å². The summed E-state index contributed by atoms with van der Waals surface area (Å²) in [7, 11) is -7.38. The highest BCUT2D eigenvalue weighted by Crippen LogP contribution is 2.54. The molecule has 2 N–H and O–H groups in total. The maximum Gasteiger partial charge on any atom is 0.257 e. The molecule has 0 bridgehead atoms. The number of carbonyl (C=O) groups excluding carboxylic acids is 1. The van der Waals surface area contributed by atoms with Gasteiger partial charge < -0.3 is 15.3 Å². The van der Waals surface area contributed by atoms with Crippen LogP contribution in [0.1, 0.15) is 82.1 Å². The van der Waals surface area contributed by atoms with Crippen molar-refractivity contribution in [3.05, 3.63) is 47.5 Å². The number of benzene rings is 2. The van der Waals surface area contributed by atoms with Gasteiger partial charge in [-0.3, -0.25) is 9.10 Å². The minimum atomic E-state index is -3.70. The van der Waals surface area contributed by atoms with Crippen molar-refractivity contribution < 1.29 is 26.7 Å². The summed E-state index contributed by atoms with van der Waals surface area (Å²) in [5, 5.41) is 12.2. The lowest BCUT2D eigenvalue weighted by Gasteiger charge is -2.35. The van der Waals surface area contributed by atoms with E-state index in [4.69, 9.17) is 0 Å². The quantitative estimate of drug-likeness (QED) is 0.477. The molecular weight excluding hydrogens is 562 g/mol. The first-order valence-electron chi connectivity index (χ1n) is 14.3. The van der Waals surface area contributed by atoms with Crippen LogP contribution in [0.25, 0.3) is 0 Å². The van der Waals surface area contributed by atoms with E-state index in [2.05, 4.69) is 10.2 Å². The number of rotatable bonds is 7. The number of hydrogen-bond donors (Lipinski definition) is 2. The summed E-state index contributed by atoms with van der Waals surface area (Å²) in [5.74, 6) is -0.802. The van der Waals surface area contributed by atoms with Crippen LogP contribution in [0, 0.1) is 5.41 Å². The normalized spacial score (nSPS) is 22.1. The average molecular weight is 604 g/mol. The molecule has 2 unspecified atom stereocenters. The van der Waals surface area contributed by atoms with Gasteiger partial charge in [0.2, 0.25) is 10.0 Å². The van der Waals surface area contributed by atoms with Crippen LogP contribution in [0.5, 0.6) is 0 Å². The highest BCUT2D eigenvalue weighted by molar-refractivity contribution is 7.94. The average Bonchev–Trinajstić information content (AvgIpc) is 3.60. The van der Waals surface area contributed by atoms with E-state index in [0.717, 1.165) is 31.5 Å². The summed E-state index contributed by atoms with van der Waals surface area (Å²) in [6.45, 7) is 9.93. The fraction of sp³-hybridized carbons (Fsp3) is 0.567. The Morgan fingerprint density at radius 3 is 2.22 bits per heavy atom. The van der Waals surface area contributed by atoms with Gasteiger partial charge in [0, 0.05) is 30.7 Å². The molecule has 11 heteroatoms. The molecule has 1 amide bonds. The molecule has 2 aromatic rings. The third-order valence-corrected chi connectivity index (χ3v) is 13.5. The predicted octanol–water partition coefficient (Wildman–Crippen LogP) is 4.53. The van der Waals surface area contributed by atoms with Crippen molar-refractivity contribution in [3.63, 3.8) is 0 Å². The summed E-state index contributed by atoms with van der Waals surface area (Å²) < 4.78 is 53.1. The van der Waals surface area contributed by atoms with Gasteiger partial charge in [-0.2, -0.15) is 0 Å². The number of amides is 1. The Morgan fingerprint density at radius 1 is 0.976 bits per heavy atom. The lowest BCUT2D eigenvalue weighted by molar-refractivity contribution is 0.102. The topological polar surface area (TPSA) is 124 Å². The van der Waals surface area contributed by atoms with Crippen molar-refractivity contribution in [2.75, 3.05) is 40.0 Å². The number of hydrogen-bond acceptors (Lipinski definition) is 7. The molecule has 2 aliphatic heterocycles. The molecule has 41 heavy (non-hydrogen) atoms. The molecular formula is C30H41N3O6S2. The molecule has 2 heterocycles. The lowest BCUT2D eigenvalue weighted by atomic mass is 9.93. The molecule has 9 nitrogen and oxygen atoms in total. The van der Waals surface area contributed by atoms with E-state index in [9.17, 15) is 26.7 Å². The SMILES string of the molecule is CC1c2ccc(NC(=O)c3ccc(S(=O)(=O)CCO)cc3N3CCC4(CC3)CC4)cc2N(S(=O)(=O)C(C)(C)C)C1C. The number of sulfonamides is 1. The van der Waals surface area contributed by atoms with Crippen LogP contribution in [0.15, 0.2) is 41.3 Å². The molecule has 224 valence electrons. The number of anilines is 3. The Bertz CT molecular complexity index is 1570. The largest absolute Gasteiger partial charge is 0.395 e. The molecule has 1 aliphatic carbocycles. The second-order valence-electron chi connectivity index (χ2n) is 12.9. The minimum absolute atomic E-state index is 0.0132. The van der Waals surface area contributed by atoms with Gasteiger partial charge in [0.05, 0.1) is 38.9 Å². The smallest absolute Gasteiger partial charge is 0.257 e. The number of sulfone groups is 1. The van der Waals surface area contributed by atoms with Crippen molar-refractivity contribution in [1.82, 2.24) is 0 Å². The Hall–Kier alpha value is -2.63. The van der Waals surface area contributed by atoms with Gasteiger partial charge in [0.25, 0.3) is 5.91 Å². The fourth-order valence-electron chi connectivity index (χ4n) is 6.02. The van der Waals surface area contributed by atoms with E-state index in [1.165, 1.54) is 29.3 Å². The van der Waals surface area contributed by atoms with Gasteiger partial charge in [0.15, 0.2) is 9.84 Å². The summed E-state index contributed by atoms with van der Waals surface area (Å²) in [6, 6.07) is 9.60. The maximum absolute atomic E-state index is 13.7. The zero-order valence-electron chi connectivity index (χ0n) is 24.5. The van der Waals surface area contributed by atoms with Gasteiger partial charge in [-0.25, -0.2) is 16.8 Å². The molecule has 0 radical (unpaired) electrons. The number of aliphatic hydroxyl groups excluding tert-OH is 1. The second-order valence-corrected chi connectivity index (χ2v) is 17.6. The van der Waals surface area contributed by atoms with Crippen LogP contribution < -0.4 is 14.5 Å². The first kappa shape index (κ1) is 29.8. The molecule has 3 aliphatic rings. The molecule has 2 aromatic carbocycles. The highest BCUT2D eigenvalue weighted by Gasteiger charge is 2.46. The molecule has 1 spiro atoms. The summed E-state index contributed by atoms with van der Waals surface area (Å²) in [6.07, 6.45) is 4.44. The van der Waals surface area contributed by atoms with Gasteiger partial charge in [0.1, 0.15) is 0 Å². The first-order chi connectivity index (χ1) is 19.1. The van der Waals surface area contributed by atoms with Crippen LogP contribution in [-0.2, 0) is 19.9 Å². The Kier molecular flexibility index (Phi) is 7.48. The Labute approximate surface area is 243 Å². The van der Waals surface area contributed by atoms with Gasteiger partial charge in [-0.05, 0) is 94.7 Å². The molecule has 0 aromatic heterocycles. The van der Waals surface area contributed by atoms with Crippen LogP contribution in [0.2, 0.25) is 0 Å².